The number of rotatable bonds is 3. The van der Waals surface area contributed by atoms with Crippen LogP contribution >= 0.6 is 0 Å². The zero-order valence-corrected chi connectivity index (χ0v) is 12.8. The Morgan fingerprint density at radius 1 is 1.14 bits per heavy atom. The van der Waals surface area contributed by atoms with Gasteiger partial charge in [-0.2, -0.15) is 0 Å². The molecule has 0 aliphatic rings. The maximum Gasteiger partial charge on any atom is 0.319 e. The van der Waals surface area contributed by atoms with E-state index in [1.807, 2.05) is 44.2 Å². The Kier molecular flexibility index (Phi) is 3.63. The molecule has 0 fully saturated rings. The van der Waals surface area contributed by atoms with Crippen LogP contribution in [0.25, 0.3) is 21.9 Å². The topological polar surface area (TPSA) is 63.5 Å². The number of hydrogen-bond acceptors (Lipinski definition) is 3. The average Bonchev–Trinajstić information content (AvgIpc) is 2.82. The van der Waals surface area contributed by atoms with Crippen LogP contribution in [0.15, 0.2) is 40.8 Å². The number of nitrogens with one attached hydrogen (secondary N) is 2. The quantitative estimate of drug-likeness (QED) is 0.764. The molecule has 1 aromatic heterocycles. The number of hydrogen-bond donors (Lipinski definition) is 2. The lowest BCUT2D eigenvalue weighted by atomic mass is 10.1. The monoisotopic (exact) mass is 298 g/mol. The SMILES string of the molecule is COc1cc2c(cc1NC(=O)NC(C)C)oc1ccccc12. The lowest BCUT2D eigenvalue weighted by Gasteiger charge is -2.12. The molecule has 0 saturated carbocycles. The van der Waals surface area contributed by atoms with Crippen LogP contribution in [0.2, 0.25) is 0 Å². The number of fused-ring (bicyclic) bond motifs is 3. The van der Waals surface area contributed by atoms with Crippen LogP contribution in [0, 0.1) is 0 Å². The molecular formula is C17H18N2O3. The van der Waals surface area contributed by atoms with Gasteiger partial charge in [0, 0.05) is 22.9 Å². The van der Waals surface area contributed by atoms with Gasteiger partial charge in [0.1, 0.15) is 16.9 Å². The van der Waals surface area contributed by atoms with Crippen LogP contribution in [0.4, 0.5) is 10.5 Å². The molecule has 3 rings (SSSR count). The van der Waals surface area contributed by atoms with Gasteiger partial charge in [-0.15, -0.1) is 0 Å². The Labute approximate surface area is 128 Å². The fourth-order valence-electron chi connectivity index (χ4n) is 2.44. The molecule has 0 aliphatic carbocycles. The predicted molar refractivity (Wildman–Crippen MR) is 87.6 cm³/mol. The van der Waals surface area contributed by atoms with E-state index >= 15 is 0 Å². The number of methoxy groups -OCH3 is 1. The molecule has 22 heavy (non-hydrogen) atoms. The van der Waals surface area contributed by atoms with Crippen molar-refractivity contribution < 1.29 is 13.9 Å². The van der Waals surface area contributed by atoms with Gasteiger partial charge in [0.25, 0.3) is 0 Å². The molecule has 0 unspecified atom stereocenters. The number of furan rings is 1. The summed E-state index contributed by atoms with van der Waals surface area (Å²) in [5.41, 5.74) is 2.09. The molecule has 0 atom stereocenters. The summed E-state index contributed by atoms with van der Waals surface area (Å²) in [6, 6.07) is 11.3. The fraction of sp³-hybridized carbons (Fsp3) is 0.235. The van der Waals surface area contributed by atoms with Crippen molar-refractivity contribution in [2.24, 2.45) is 0 Å². The summed E-state index contributed by atoms with van der Waals surface area (Å²) in [6.45, 7) is 3.80. The number of amides is 2. The zero-order valence-electron chi connectivity index (χ0n) is 12.8. The minimum Gasteiger partial charge on any atom is -0.495 e. The highest BCUT2D eigenvalue weighted by Gasteiger charge is 2.14. The second-order valence-corrected chi connectivity index (χ2v) is 5.40. The van der Waals surface area contributed by atoms with Gasteiger partial charge in [0.15, 0.2) is 0 Å². The summed E-state index contributed by atoms with van der Waals surface area (Å²) in [5.74, 6) is 0.595. The van der Waals surface area contributed by atoms with Crippen molar-refractivity contribution in [1.82, 2.24) is 5.32 Å². The standard InChI is InChI=1S/C17H18N2O3/c1-10(2)18-17(20)19-13-9-15-12(8-16(13)21-3)11-6-4-5-7-14(11)22-15/h4-10H,1-3H3,(H2,18,19,20). The van der Waals surface area contributed by atoms with Gasteiger partial charge in [-0.05, 0) is 26.0 Å². The Morgan fingerprint density at radius 2 is 1.91 bits per heavy atom. The van der Waals surface area contributed by atoms with E-state index in [1.54, 1.807) is 13.2 Å². The maximum absolute atomic E-state index is 11.9. The minimum absolute atomic E-state index is 0.0564. The van der Waals surface area contributed by atoms with Gasteiger partial charge in [0.05, 0.1) is 12.8 Å². The molecule has 2 aromatic carbocycles. The molecule has 2 N–H and O–H groups in total. The van der Waals surface area contributed by atoms with E-state index in [0.29, 0.717) is 17.0 Å². The number of benzene rings is 2. The lowest BCUT2D eigenvalue weighted by molar-refractivity contribution is 0.250. The van der Waals surface area contributed by atoms with Gasteiger partial charge in [-0.25, -0.2) is 4.79 Å². The molecular weight excluding hydrogens is 280 g/mol. The summed E-state index contributed by atoms with van der Waals surface area (Å²) < 4.78 is 11.2. The van der Waals surface area contributed by atoms with E-state index in [9.17, 15) is 4.79 Å². The first kappa shape index (κ1) is 14.3. The van der Waals surface area contributed by atoms with Crippen molar-refractivity contribution in [3.63, 3.8) is 0 Å². The fourth-order valence-corrected chi connectivity index (χ4v) is 2.44. The van der Waals surface area contributed by atoms with Gasteiger partial charge in [-0.1, -0.05) is 18.2 Å². The van der Waals surface area contributed by atoms with Crippen LogP contribution in [0.5, 0.6) is 5.75 Å². The molecule has 2 amide bonds. The highest BCUT2D eigenvalue weighted by molar-refractivity contribution is 6.07. The van der Waals surface area contributed by atoms with Crippen molar-refractivity contribution in [3.05, 3.63) is 36.4 Å². The van der Waals surface area contributed by atoms with Crippen LogP contribution < -0.4 is 15.4 Å². The first-order chi connectivity index (χ1) is 10.6. The second kappa shape index (κ2) is 5.60. The van der Waals surface area contributed by atoms with E-state index in [4.69, 9.17) is 9.15 Å². The van der Waals surface area contributed by atoms with Crippen molar-refractivity contribution >= 4 is 33.7 Å². The van der Waals surface area contributed by atoms with Gasteiger partial charge < -0.3 is 19.8 Å². The van der Waals surface area contributed by atoms with E-state index in [1.165, 1.54) is 0 Å². The molecule has 0 saturated heterocycles. The van der Waals surface area contributed by atoms with Crippen LogP contribution in [0.3, 0.4) is 0 Å². The Hall–Kier alpha value is -2.69. The van der Waals surface area contributed by atoms with E-state index in [0.717, 1.165) is 16.4 Å². The minimum atomic E-state index is -0.274. The van der Waals surface area contributed by atoms with Crippen LogP contribution in [-0.4, -0.2) is 19.2 Å². The number of carbonyl (C=O) groups is 1. The molecule has 3 aromatic rings. The second-order valence-electron chi connectivity index (χ2n) is 5.40. The van der Waals surface area contributed by atoms with Gasteiger partial charge in [0.2, 0.25) is 0 Å². The summed E-state index contributed by atoms with van der Waals surface area (Å²) in [6.07, 6.45) is 0. The molecule has 5 heteroatoms. The van der Waals surface area contributed by atoms with Crippen LogP contribution in [-0.2, 0) is 0 Å². The summed E-state index contributed by atoms with van der Waals surface area (Å²) in [4.78, 5) is 11.9. The molecule has 114 valence electrons. The average molecular weight is 298 g/mol. The van der Waals surface area contributed by atoms with Crippen molar-refractivity contribution in [1.29, 1.82) is 0 Å². The number of anilines is 1. The summed E-state index contributed by atoms with van der Waals surface area (Å²) in [5, 5.41) is 7.56. The maximum atomic E-state index is 11.9. The van der Waals surface area contributed by atoms with E-state index in [-0.39, 0.29) is 12.1 Å². The Bertz CT molecular complexity index is 836. The number of urea groups is 1. The van der Waals surface area contributed by atoms with Crippen molar-refractivity contribution in [3.8, 4) is 5.75 Å². The Morgan fingerprint density at radius 3 is 2.64 bits per heavy atom. The third-order valence-corrected chi connectivity index (χ3v) is 3.37. The lowest BCUT2D eigenvalue weighted by Crippen LogP contribution is -2.34. The van der Waals surface area contributed by atoms with Crippen molar-refractivity contribution in [2.45, 2.75) is 19.9 Å². The number of ether oxygens (including phenoxy) is 1. The van der Waals surface area contributed by atoms with Crippen LogP contribution in [0.1, 0.15) is 13.8 Å². The normalized spacial score (nSPS) is 11.1. The number of para-hydroxylation sites is 1. The third-order valence-electron chi connectivity index (χ3n) is 3.37. The molecule has 1 heterocycles. The van der Waals surface area contributed by atoms with Gasteiger partial charge in [-0.3, -0.25) is 0 Å². The summed E-state index contributed by atoms with van der Waals surface area (Å²) >= 11 is 0. The molecule has 0 aliphatic heterocycles. The van der Waals surface area contributed by atoms with E-state index < -0.39 is 0 Å². The number of carbonyl (C=O) groups excluding carboxylic acids is 1. The smallest absolute Gasteiger partial charge is 0.319 e. The highest BCUT2D eigenvalue weighted by Crippen LogP contribution is 2.36. The predicted octanol–water partition coefficient (Wildman–Crippen LogP) is 4.12. The highest BCUT2D eigenvalue weighted by atomic mass is 16.5. The first-order valence-corrected chi connectivity index (χ1v) is 7.15. The zero-order chi connectivity index (χ0) is 15.7. The molecule has 0 bridgehead atoms. The molecule has 0 spiro atoms. The van der Waals surface area contributed by atoms with E-state index in [2.05, 4.69) is 10.6 Å². The van der Waals surface area contributed by atoms with Crippen molar-refractivity contribution in [2.75, 3.05) is 12.4 Å². The first-order valence-electron chi connectivity index (χ1n) is 7.15. The summed E-state index contributed by atoms with van der Waals surface area (Å²) in [7, 11) is 1.58. The third kappa shape index (κ3) is 2.57. The molecule has 0 radical (unpaired) electrons. The largest absolute Gasteiger partial charge is 0.495 e. The van der Waals surface area contributed by atoms with Gasteiger partial charge >= 0.3 is 6.03 Å². The Balaban J connectivity index is 2.06. The molecule has 5 nitrogen and oxygen atoms in total.